The molecular formula is C12H14F2N2O3. The summed E-state index contributed by atoms with van der Waals surface area (Å²) >= 11 is 0. The van der Waals surface area contributed by atoms with Crippen LogP contribution in [0.25, 0.3) is 0 Å². The molecule has 0 aromatic heterocycles. The maximum absolute atomic E-state index is 11.9. The van der Waals surface area contributed by atoms with Crippen LogP contribution < -0.4 is 15.4 Å². The fourth-order valence-electron chi connectivity index (χ4n) is 1.34. The number of rotatable bonds is 5. The molecule has 0 spiro atoms. The molecular weight excluding hydrogens is 258 g/mol. The molecule has 104 valence electrons. The van der Waals surface area contributed by atoms with Crippen molar-refractivity contribution in [3.8, 4) is 5.75 Å². The van der Waals surface area contributed by atoms with E-state index < -0.39 is 18.6 Å². The van der Waals surface area contributed by atoms with Gasteiger partial charge < -0.3 is 15.4 Å². The highest BCUT2D eigenvalue weighted by molar-refractivity contribution is 5.96. The van der Waals surface area contributed by atoms with Crippen molar-refractivity contribution in [2.45, 2.75) is 26.5 Å². The minimum atomic E-state index is -2.89. The van der Waals surface area contributed by atoms with Gasteiger partial charge in [0.2, 0.25) is 11.8 Å². The Kier molecular flexibility index (Phi) is 5.23. The first-order valence-electron chi connectivity index (χ1n) is 5.51. The van der Waals surface area contributed by atoms with E-state index in [0.29, 0.717) is 5.69 Å². The molecule has 0 saturated heterocycles. The lowest BCUT2D eigenvalue weighted by Crippen LogP contribution is -2.40. The molecule has 0 aliphatic heterocycles. The van der Waals surface area contributed by atoms with Gasteiger partial charge in [0.25, 0.3) is 0 Å². The Bertz CT molecular complexity index is 449. The van der Waals surface area contributed by atoms with Gasteiger partial charge in [0, 0.05) is 12.6 Å². The van der Waals surface area contributed by atoms with Crippen LogP contribution in [0.5, 0.6) is 5.75 Å². The van der Waals surface area contributed by atoms with Crippen LogP contribution >= 0.6 is 0 Å². The number of carbonyl (C=O) groups excluding carboxylic acids is 2. The molecule has 7 heteroatoms. The van der Waals surface area contributed by atoms with Crippen LogP contribution in [-0.4, -0.2) is 24.5 Å². The fourth-order valence-corrected chi connectivity index (χ4v) is 1.34. The minimum Gasteiger partial charge on any atom is -0.435 e. The zero-order valence-electron chi connectivity index (χ0n) is 10.4. The van der Waals surface area contributed by atoms with E-state index in [0.717, 1.165) is 0 Å². The lowest BCUT2D eigenvalue weighted by atomic mass is 10.2. The maximum atomic E-state index is 11.9. The molecule has 0 radical (unpaired) electrons. The van der Waals surface area contributed by atoms with E-state index in [1.807, 2.05) is 0 Å². The summed E-state index contributed by atoms with van der Waals surface area (Å²) < 4.78 is 28.0. The number of carbonyl (C=O) groups is 2. The maximum Gasteiger partial charge on any atom is 0.387 e. The Morgan fingerprint density at radius 1 is 1.21 bits per heavy atom. The van der Waals surface area contributed by atoms with Crippen LogP contribution in [0.15, 0.2) is 24.3 Å². The van der Waals surface area contributed by atoms with E-state index in [-0.39, 0.29) is 11.7 Å². The number of ether oxygens (including phenoxy) is 1. The van der Waals surface area contributed by atoms with Gasteiger partial charge in [0.05, 0.1) is 0 Å². The largest absolute Gasteiger partial charge is 0.435 e. The minimum absolute atomic E-state index is 0.00269. The number of alkyl halides is 2. The molecule has 0 fully saturated rings. The standard InChI is InChI=1S/C12H14F2N2O3/c1-7(15-8(2)17)11(18)16-9-3-5-10(6-4-9)19-12(13)14/h3-7,12H,1-2H3,(H,15,17)(H,16,18). The van der Waals surface area contributed by atoms with E-state index in [2.05, 4.69) is 15.4 Å². The summed E-state index contributed by atoms with van der Waals surface area (Å²) in [6.45, 7) is -0.0501. The van der Waals surface area contributed by atoms with E-state index in [1.165, 1.54) is 38.1 Å². The highest BCUT2D eigenvalue weighted by Gasteiger charge is 2.13. The Hall–Kier alpha value is -2.18. The van der Waals surface area contributed by atoms with Gasteiger partial charge in [0.15, 0.2) is 0 Å². The van der Waals surface area contributed by atoms with E-state index in [4.69, 9.17) is 0 Å². The van der Waals surface area contributed by atoms with Crippen molar-refractivity contribution in [1.29, 1.82) is 0 Å². The normalized spacial score (nSPS) is 11.8. The Labute approximate surface area is 108 Å². The molecule has 2 amide bonds. The Morgan fingerprint density at radius 3 is 2.26 bits per heavy atom. The lowest BCUT2D eigenvalue weighted by Gasteiger charge is -2.13. The summed E-state index contributed by atoms with van der Waals surface area (Å²) in [5.74, 6) is -0.719. The third kappa shape index (κ3) is 5.33. The zero-order chi connectivity index (χ0) is 14.4. The average Bonchev–Trinajstić information content (AvgIpc) is 2.30. The molecule has 0 saturated carbocycles. The molecule has 1 rings (SSSR count). The molecule has 1 unspecified atom stereocenters. The molecule has 0 bridgehead atoms. The third-order valence-corrected chi connectivity index (χ3v) is 2.16. The SMILES string of the molecule is CC(=O)NC(C)C(=O)Nc1ccc(OC(F)F)cc1. The second kappa shape index (κ2) is 6.67. The summed E-state index contributed by atoms with van der Waals surface area (Å²) in [6.07, 6.45) is 0. The molecule has 1 aromatic rings. The highest BCUT2D eigenvalue weighted by Crippen LogP contribution is 2.17. The van der Waals surface area contributed by atoms with Crippen molar-refractivity contribution in [1.82, 2.24) is 5.32 Å². The number of anilines is 1. The Balaban J connectivity index is 2.57. The van der Waals surface area contributed by atoms with Crippen molar-refractivity contribution in [2.24, 2.45) is 0 Å². The van der Waals surface area contributed by atoms with Gasteiger partial charge in [-0.3, -0.25) is 9.59 Å². The smallest absolute Gasteiger partial charge is 0.387 e. The topological polar surface area (TPSA) is 67.4 Å². The number of hydrogen-bond donors (Lipinski definition) is 2. The second-order valence-corrected chi connectivity index (χ2v) is 3.81. The summed E-state index contributed by atoms with van der Waals surface area (Å²) in [6, 6.07) is 4.79. The summed E-state index contributed by atoms with van der Waals surface area (Å²) in [7, 11) is 0. The zero-order valence-corrected chi connectivity index (χ0v) is 10.4. The summed E-state index contributed by atoms with van der Waals surface area (Å²) in [5, 5.41) is 4.96. The number of nitrogens with one attached hydrogen (secondary N) is 2. The average molecular weight is 272 g/mol. The van der Waals surface area contributed by atoms with Crippen LogP contribution in [0.1, 0.15) is 13.8 Å². The van der Waals surface area contributed by atoms with Gasteiger partial charge in [-0.25, -0.2) is 0 Å². The first-order valence-corrected chi connectivity index (χ1v) is 5.51. The first-order chi connectivity index (χ1) is 8.88. The highest BCUT2D eigenvalue weighted by atomic mass is 19.3. The lowest BCUT2D eigenvalue weighted by molar-refractivity contribution is -0.124. The summed E-state index contributed by atoms with van der Waals surface area (Å²) in [5.41, 5.74) is 0.420. The summed E-state index contributed by atoms with van der Waals surface area (Å²) in [4.78, 5) is 22.4. The quantitative estimate of drug-likeness (QED) is 0.858. The van der Waals surface area contributed by atoms with Crippen LogP contribution in [-0.2, 0) is 9.59 Å². The van der Waals surface area contributed by atoms with E-state index in [9.17, 15) is 18.4 Å². The van der Waals surface area contributed by atoms with Gasteiger partial charge in [0.1, 0.15) is 11.8 Å². The number of hydrogen-bond acceptors (Lipinski definition) is 3. The van der Waals surface area contributed by atoms with Crippen LogP contribution in [0.4, 0.5) is 14.5 Å². The van der Waals surface area contributed by atoms with Crippen LogP contribution in [0, 0.1) is 0 Å². The van der Waals surface area contributed by atoms with Crippen molar-refractivity contribution in [3.05, 3.63) is 24.3 Å². The monoisotopic (exact) mass is 272 g/mol. The Morgan fingerprint density at radius 2 is 1.79 bits per heavy atom. The number of benzene rings is 1. The molecule has 19 heavy (non-hydrogen) atoms. The van der Waals surface area contributed by atoms with Crippen LogP contribution in [0.3, 0.4) is 0 Å². The number of amides is 2. The molecule has 0 aliphatic carbocycles. The van der Waals surface area contributed by atoms with Crippen molar-refractivity contribution in [3.63, 3.8) is 0 Å². The predicted molar refractivity (Wildman–Crippen MR) is 65.0 cm³/mol. The fraction of sp³-hybridized carbons (Fsp3) is 0.333. The molecule has 1 aromatic carbocycles. The van der Waals surface area contributed by atoms with Gasteiger partial charge in [-0.05, 0) is 31.2 Å². The first kappa shape index (κ1) is 14.9. The molecule has 2 N–H and O–H groups in total. The van der Waals surface area contributed by atoms with Gasteiger partial charge in [-0.2, -0.15) is 8.78 Å². The van der Waals surface area contributed by atoms with Gasteiger partial charge in [-0.1, -0.05) is 0 Å². The molecule has 0 aliphatic rings. The van der Waals surface area contributed by atoms with Crippen molar-refractivity contribution >= 4 is 17.5 Å². The van der Waals surface area contributed by atoms with Gasteiger partial charge in [-0.15, -0.1) is 0 Å². The van der Waals surface area contributed by atoms with Crippen molar-refractivity contribution in [2.75, 3.05) is 5.32 Å². The molecule has 0 heterocycles. The van der Waals surface area contributed by atoms with Gasteiger partial charge >= 0.3 is 6.61 Å². The van der Waals surface area contributed by atoms with E-state index >= 15 is 0 Å². The molecule has 5 nitrogen and oxygen atoms in total. The van der Waals surface area contributed by atoms with E-state index in [1.54, 1.807) is 0 Å². The van der Waals surface area contributed by atoms with Crippen LogP contribution in [0.2, 0.25) is 0 Å². The van der Waals surface area contributed by atoms with Crippen molar-refractivity contribution < 1.29 is 23.1 Å². The second-order valence-electron chi connectivity index (χ2n) is 3.81. The molecule has 1 atom stereocenters. The third-order valence-electron chi connectivity index (χ3n) is 2.16. The predicted octanol–water partition coefficient (Wildman–Crippen LogP) is 1.75. The number of halogens is 2.